The predicted molar refractivity (Wildman–Crippen MR) is 54.1 cm³/mol. The molecule has 1 aromatic heterocycles. The fourth-order valence-corrected chi connectivity index (χ4v) is 1.77. The first-order chi connectivity index (χ1) is 7.22. The van der Waals surface area contributed by atoms with Crippen molar-refractivity contribution in [3.05, 3.63) is 30.2 Å². The van der Waals surface area contributed by atoms with E-state index < -0.39 is 5.41 Å². The van der Waals surface area contributed by atoms with Crippen LogP contribution in [0.4, 0.5) is 0 Å². The second kappa shape index (κ2) is 2.59. The highest BCUT2D eigenvalue weighted by Crippen LogP contribution is 2.48. The molecule has 4 nitrogen and oxygen atoms in total. The molecule has 2 aromatic rings. The lowest BCUT2D eigenvalue weighted by Gasteiger charge is -2.03. The Labute approximate surface area is 86.1 Å². The molecule has 0 saturated heterocycles. The SMILES string of the molecule is NC(=O)C1(c2nc3ccccc3o2)CC1. The largest absolute Gasteiger partial charge is 0.440 e. The minimum atomic E-state index is -0.626. The molecule has 0 atom stereocenters. The van der Waals surface area contributed by atoms with Crippen molar-refractivity contribution in [2.75, 3.05) is 0 Å². The Morgan fingerprint density at radius 2 is 2.13 bits per heavy atom. The number of oxazole rings is 1. The van der Waals surface area contributed by atoms with Gasteiger partial charge in [-0.3, -0.25) is 4.79 Å². The van der Waals surface area contributed by atoms with Crippen LogP contribution in [0, 0.1) is 0 Å². The van der Waals surface area contributed by atoms with Crippen LogP contribution in [-0.4, -0.2) is 10.9 Å². The topological polar surface area (TPSA) is 69.1 Å². The van der Waals surface area contributed by atoms with Crippen LogP contribution in [0.3, 0.4) is 0 Å². The van der Waals surface area contributed by atoms with Crippen LogP contribution < -0.4 is 5.73 Å². The first kappa shape index (κ1) is 8.47. The third-order valence-corrected chi connectivity index (χ3v) is 2.92. The van der Waals surface area contributed by atoms with Gasteiger partial charge in [0, 0.05) is 0 Å². The lowest BCUT2D eigenvalue weighted by molar-refractivity contribution is -0.120. The highest BCUT2D eigenvalue weighted by Gasteiger charge is 2.54. The number of hydrogen-bond acceptors (Lipinski definition) is 3. The lowest BCUT2D eigenvalue weighted by Crippen LogP contribution is -2.28. The molecule has 15 heavy (non-hydrogen) atoms. The Bertz CT molecular complexity index is 507. The molecule has 4 heteroatoms. The molecular weight excluding hydrogens is 192 g/mol. The van der Waals surface area contributed by atoms with E-state index in [1.165, 1.54) is 0 Å². The summed E-state index contributed by atoms with van der Waals surface area (Å²) in [6.45, 7) is 0. The number of carbonyl (C=O) groups is 1. The van der Waals surface area contributed by atoms with E-state index in [1.807, 2.05) is 24.3 Å². The molecule has 0 radical (unpaired) electrons. The third-order valence-electron chi connectivity index (χ3n) is 2.92. The van der Waals surface area contributed by atoms with Crippen molar-refractivity contribution in [3.8, 4) is 0 Å². The average Bonchev–Trinajstić information content (AvgIpc) is 2.93. The van der Waals surface area contributed by atoms with Crippen molar-refractivity contribution in [2.45, 2.75) is 18.3 Å². The smallest absolute Gasteiger partial charge is 0.233 e. The number of rotatable bonds is 2. The van der Waals surface area contributed by atoms with E-state index in [4.69, 9.17) is 10.2 Å². The molecule has 0 spiro atoms. The van der Waals surface area contributed by atoms with Crippen molar-refractivity contribution in [2.24, 2.45) is 5.73 Å². The maximum absolute atomic E-state index is 11.3. The van der Waals surface area contributed by atoms with E-state index in [0.717, 1.165) is 18.4 Å². The summed E-state index contributed by atoms with van der Waals surface area (Å²) in [4.78, 5) is 15.6. The van der Waals surface area contributed by atoms with E-state index in [1.54, 1.807) is 0 Å². The van der Waals surface area contributed by atoms with Crippen LogP contribution in [0.15, 0.2) is 28.7 Å². The van der Waals surface area contributed by atoms with Crippen molar-refractivity contribution < 1.29 is 9.21 Å². The van der Waals surface area contributed by atoms with Crippen molar-refractivity contribution in [3.63, 3.8) is 0 Å². The molecule has 76 valence electrons. The summed E-state index contributed by atoms with van der Waals surface area (Å²) in [6, 6.07) is 7.46. The second-order valence-corrected chi connectivity index (χ2v) is 3.93. The molecule has 2 N–H and O–H groups in total. The van der Waals surface area contributed by atoms with Gasteiger partial charge in [0.15, 0.2) is 5.58 Å². The molecule has 0 unspecified atom stereocenters. The van der Waals surface area contributed by atoms with Gasteiger partial charge in [-0.25, -0.2) is 4.98 Å². The molecule has 1 amide bonds. The van der Waals surface area contributed by atoms with Crippen molar-refractivity contribution in [1.29, 1.82) is 0 Å². The van der Waals surface area contributed by atoms with Crippen LogP contribution in [0.1, 0.15) is 18.7 Å². The van der Waals surface area contributed by atoms with E-state index in [9.17, 15) is 4.79 Å². The van der Waals surface area contributed by atoms with Gasteiger partial charge in [0.2, 0.25) is 11.8 Å². The Kier molecular flexibility index (Phi) is 1.46. The quantitative estimate of drug-likeness (QED) is 0.799. The van der Waals surface area contributed by atoms with Gasteiger partial charge in [-0.1, -0.05) is 12.1 Å². The van der Waals surface area contributed by atoms with Crippen molar-refractivity contribution >= 4 is 17.0 Å². The minimum Gasteiger partial charge on any atom is -0.440 e. The standard InChI is InChI=1S/C11H10N2O2/c12-9(14)11(5-6-11)10-13-7-3-1-2-4-8(7)15-10/h1-4H,5-6H2,(H2,12,14). The molecule has 1 fully saturated rings. The summed E-state index contributed by atoms with van der Waals surface area (Å²) in [5, 5.41) is 0. The zero-order chi connectivity index (χ0) is 10.5. The molecule has 1 saturated carbocycles. The maximum atomic E-state index is 11.3. The van der Waals surface area contributed by atoms with Gasteiger partial charge in [0.1, 0.15) is 10.9 Å². The van der Waals surface area contributed by atoms with Gasteiger partial charge in [0.05, 0.1) is 0 Å². The molecule has 3 rings (SSSR count). The highest BCUT2D eigenvalue weighted by atomic mass is 16.4. The summed E-state index contributed by atoms with van der Waals surface area (Å²) in [5.74, 6) is 0.130. The van der Waals surface area contributed by atoms with Gasteiger partial charge >= 0.3 is 0 Å². The number of nitrogens with two attached hydrogens (primary N) is 1. The average molecular weight is 202 g/mol. The fraction of sp³-hybridized carbons (Fsp3) is 0.273. The van der Waals surface area contributed by atoms with Gasteiger partial charge in [-0.05, 0) is 25.0 Å². The molecule has 0 bridgehead atoms. The van der Waals surface area contributed by atoms with E-state index in [0.29, 0.717) is 11.5 Å². The van der Waals surface area contributed by atoms with Gasteiger partial charge in [0.25, 0.3) is 0 Å². The predicted octanol–water partition coefficient (Wildman–Crippen LogP) is 1.34. The third kappa shape index (κ3) is 1.08. The number of nitrogens with zero attached hydrogens (tertiary/aromatic N) is 1. The number of hydrogen-bond donors (Lipinski definition) is 1. The summed E-state index contributed by atoms with van der Waals surface area (Å²) >= 11 is 0. The second-order valence-electron chi connectivity index (χ2n) is 3.93. The number of primary amides is 1. The summed E-state index contributed by atoms with van der Waals surface area (Å²) in [7, 11) is 0. The molecular formula is C11H10N2O2. The first-order valence-electron chi connectivity index (χ1n) is 4.88. The van der Waals surface area contributed by atoms with Gasteiger partial charge < -0.3 is 10.2 Å². The highest BCUT2D eigenvalue weighted by molar-refractivity contribution is 5.89. The number of aromatic nitrogens is 1. The number of fused-ring (bicyclic) bond motifs is 1. The monoisotopic (exact) mass is 202 g/mol. The van der Waals surface area contributed by atoms with Gasteiger partial charge in [-0.15, -0.1) is 0 Å². The van der Waals surface area contributed by atoms with Crippen LogP contribution in [-0.2, 0) is 10.2 Å². The van der Waals surface area contributed by atoms with E-state index >= 15 is 0 Å². The van der Waals surface area contributed by atoms with E-state index in [-0.39, 0.29) is 5.91 Å². The lowest BCUT2D eigenvalue weighted by atomic mass is 10.1. The Balaban J connectivity index is 2.17. The molecule has 1 aliphatic rings. The van der Waals surface area contributed by atoms with Gasteiger partial charge in [-0.2, -0.15) is 0 Å². The zero-order valence-electron chi connectivity index (χ0n) is 8.06. The zero-order valence-corrected chi connectivity index (χ0v) is 8.06. The first-order valence-corrected chi connectivity index (χ1v) is 4.88. The summed E-state index contributed by atoms with van der Waals surface area (Å²) in [5.41, 5.74) is 6.21. The van der Waals surface area contributed by atoms with Crippen LogP contribution in [0.5, 0.6) is 0 Å². The molecule has 1 aromatic carbocycles. The number of benzene rings is 1. The van der Waals surface area contributed by atoms with Crippen molar-refractivity contribution in [1.82, 2.24) is 4.98 Å². The number of carbonyl (C=O) groups excluding carboxylic acids is 1. The Hall–Kier alpha value is -1.84. The molecule has 1 heterocycles. The van der Waals surface area contributed by atoms with Crippen LogP contribution in [0.25, 0.3) is 11.1 Å². The molecule has 0 aliphatic heterocycles. The summed E-state index contributed by atoms with van der Waals surface area (Å²) in [6.07, 6.45) is 1.49. The van der Waals surface area contributed by atoms with Crippen LogP contribution >= 0.6 is 0 Å². The normalized spacial score (nSPS) is 17.9. The van der Waals surface area contributed by atoms with Crippen LogP contribution in [0.2, 0.25) is 0 Å². The fourth-order valence-electron chi connectivity index (χ4n) is 1.77. The Morgan fingerprint density at radius 3 is 2.73 bits per heavy atom. The molecule has 1 aliphatic carbocycles. The van der Waals surface area contributed by atoms with E-state index in [2.05, 4.69) is 4.98 Å². The maximum Gasteiger partial charge on any atom is 0.233 e. The summed E-state index contributed by atoms with van der Waals surface area (Å²) < 4.78 is 5.54. The number of para-hydroxylation sites is 2. The number of amides is 1. The Morgan fingerprint density at radius 1 is 1.40 bits per heavy atom. The minimum absolute atomic E-state index is 0.339.